The molecule has 2 heterocycles. The van der Waals surface area contributed by atoms with Crippen LogP contribution < -0.4 is 5.84 Å². The number of aromatic nitrogens is 3. The first kappa shape index (κ1) is 14.9. The van der Waals surface area contributed by atoms with Gasteiger partial charge in [-0.25, -0.2) is 4.68 Å². The highest BCUT2D eigenvalue weighted by molar-refractivity contribution is 7.98. The summed E-state index contributed by atoms with van der Waals surface area (Å²) in [4.78, 5) is 0. The summed E-state index contributed by atoms with van der Waals surface area (Å²) in [6.45, 7) is 0.755. The summed E-state index contributed by atoms with van der Waals surface area (Å²) in [5.41, 5.74) is 1.77. The van der Waals surface area contributed by atoms with Crippen molar-refractivity contribution in [3.05, 3.63) is 41.2 Å². The number of hydrogen-bond acceptors (Lipinski definition) is 6. The van der Waals surface area contributed by atoms with Gasteiger partial charge in [0, 0.05) is 12.4 Å². The highest BCUT2D eigenvalue weighted by Gasteiger charge is 2.23. The summed E-state index contributed by atoms with van der Waals surface area (Å²) in [5, 5.41) is 17.8. The minimum Gasteiger partial charge on any atom is -0.370 e. The minimum absolute atomic E-state index is 0.0458. The fraction of sp³-hybridized carbons (Fsp3) is 0.400. The first-order valence-corrected chi connectivity index (χ1v) is 8.20. The van der Waals surface area contributed by atoms with Crippen LogP contribution in [0.1, 0.15) is 42.3 Å². The Kier molecular flexibility index (Phi) is 4.61. The van der Waals surface area contributed by atoms with E-state index < -0.39 is 0 Å². The Morgan fingerprint density at radius 1 is 1.32 bits per heavy atom. The van der Waals surface area contributed by atoms with Crippen molar-refractivity contribution < 1.29 is 4.74 Å². The van der Waals surface area contributed by atoms with E-state index >= 15 is 0 Å². The highest BCUT2D eigenvalue weighted by atomic mass is 32.2. The molecule has 6 nitrogen and oxygen atoms in total. The Morgan fingerprint density at radius 3 is 2.82 bits per heavy atom. The van der Waals surface area contributed by atoms with E-state index in [1.165, 1.54) is 16.4 Å². The van der Waals surface area contributed by atoms with Gasteiger partial charge in [0.2, 0.25) is 5.16 Å². The van der Waals surface area contributed by atoms with Crippen molar-refractivity contribution in [2.45, 2.75) is 36.3 Å². The number of nitrogens with two attached hydrogens (primary N) is 1. The first-order chi connectivity index (χ1) is 10.8. The molecule has 1 aromatic heterocycles. The molecule has 0 radical (unpaired) electrons. The van der Waals surface area contributed by atoms with Crippen LogP contribution in [0.15, 0.2) is 29.4 Å². The SMILES string of the molecule is N#Cc1ccc(CSc2nnc(C3CCCCO3)n2N)cc1. The quantitative estimate of drug-likeness (QED) is 0.688. The molecule has 114 valence electrons. The molecule has 0 spiro atoms. The van der Waals surface area contributed by atoms with Crippen molar-refractivity contribution in [1.82, 2.24) is 14.9 Å². The van der Waals surface area contributed by atoms with Gasteiger partial charge >= 0.3 is 0 Å². The second kappa shape index (κ2) is 6.81. The minimum atomic E-state index is -0.0458. The fourth-order valence-corrected chi connectivity index (χ4v) is 3.19. The van der Waals surface area contributed by atoms with Gasteiger partial charge in [-0.05, 0) is 37.0 Å². The van der Waals surface area contributed by atoms with Crippen molar-refractivity contribution in [1.29, 1.82) is 5.26 Å². The predicted molar refractivity (Wildman–Crippen MR) is 83.4 cm³/mol. The summed E-state index contributed by atoms with van der Waals surface area (Å²) in [6, 6.07) is 9.61. The van der Waals surface area contributed by atoms with Crippen molar-refractivity contribution >= 4 is 11.8 Å². The zero-order valence-corrected chi connectivity index (χ0v) is 12.9. The van der Waals surface area contributed by atoms with Crippen LogP contribution in [-0.2, 0) is 10.5 Å². The van der Waals surface area contributed by atoms with Gasteiger partial charge in [-0.3, -0.25) is 0 Å². The van der Waals surface area contributed by atoms with Gasteiger partial charge in [-0.1, -0.05) is 23.9 Å². The lowest BCUT2D eigenvalue weighted by Gasteiger charge is -2.21. The second-order valence-electron chi connectivity index (χ2n) is 5.16. The third kappa shape index (κ3) is 3.24. The van der Waals surface area contributed by atoms with Gasteiger partial charge in [-0.2, -0.15) is 5.26 Å². The van der Waals surface area contributed by atoms with Crippen molar-refractivity contribution in [2.75, 3.05) is 12.4 Å². The second-order valence-corrected chi connectivity index (χ2v) is 6.11. The molecule has 7 heteroatoms. The van der Waals surface area contributed by atoms with Crippen LogP contribution in [0.25, 0.3) is 0 Å². The molecule has 1 saturated heterocycles. The summed E-state index contributed by atoms with van der Waals surface area (Å²) in [7, 11) is 0. The van der Waals surface area contributed by atoms with Crippen molar-refractivity contribution in [3.63, 3.8) is 0 Å². The normalized spacial score (nSPS) is 18.0. The van der Waals surface area contributed by atoms with Gasteiger partial charge in [-0.15, -0.1) is 10.2 Å². The van der Waals surface area contributed by atoms with E-state index in [4.69, 9.17) is 15.8 Å². The van der Waals surface area contributed by atoms with E-state index in [1.54, 1.807) is 0 Å². The Bertz CT molecular complexity index is 670. The highest BCUT2D eigenvalue weighted by Crippen LogP contribution is 2.28. The van der Waals surface area contributed by atoms with Crippen LogP contribution in [0.3, 0.4) is 0 Å². The molecule has 0 bridgehead atoms. The maximum Gasteiger partial charge on any atom is 0.210 e. The number of ether oxygens (including phenoxy) is 1. The number of hydrogen-bond donors (Lipinski definition) is 1. The van der Waals surface area contributed by atoms with E-state index in [-0.39, 0.29) is 6.10 Å². The maximum atomic E-state index is 8.79. The summed E-state index contributed by atoms with van der Waals surface area (Å²) >= 11 is 1.52. The van der Waals surface area contributed by atoms with E-state index in [9.17, 15) is 0 Å². The molecule has 22 heavy (non-hydrogen) atoms. The third-order valence-corrected chi connectivity index (χ3v) is 4.62. The summed E-state index contributed by atoms with van der Waals surface area (Å²) < 4.78 is 7.24. The first-order valence-electron chi connectivity index (χ1n) is 7.22. The summed E-state index contributed by atoms with van der Waals surface area (Å²) in [5.74, 6) is 7.52. The van der Waals surface area contributed by atoms with E-state index in [0.717, 1.165) is 37.2 Å². The number of nitriles is 1. The fourth-order valence-electron chi connectivity index (χ4n) is 2.37. The third-order valence-electron chi connectivity index (χ3n) is 3.61. The molecule has 0 saturated carbocycles. The number of nitrogens with zero attached hydrogens (tertiary/aromatic N) is 4. The molecule has 2 aromatic rings. The van der Waals surface area contributed by atoms with Gasteiger partial charge in [0.1, 0.15) is 6.10 Å². The molecular formula is C15H17N5OS. The van der Waals surface area contributed by atoms with Crippen LogP contribution in [0.4, 0.5) is 0 Å². The molecule has 1 aliphatic rings. The molecule has 3 rings (SSSR count). The molecule has 1 aliphatic heterocycles. The van der Waals surface area contributed by atoms with Crippen molar-refractivity contribution in [3.8, 4) is 6.07 Å². The van der Waals surface area contributed by atoms with E-state index in [0.29, 0.717) is 16.5 Å². The topological polar surface area (TPSA) is 89.8 Å². The van der Waals surface area contributed by atoms with E-state index in [2.05, 4.69) is 16.3 Å². The lowest BCUT2D eigenvalue weighted by molar-refractivity contribution is 0.00780. The van der Waals surface area contributed by atoms with Crippen LogP contribution in [-0.4, -0.2) is 21.5 Å². The Morgan fingerprint density at radius 2 is 2.14 bits per heavy atom. The lowest BCUT2D eigenvalue weighted by Crippen LogP contribution is -2.21. The molecule has 1 aromatic carbocycles. The molecular weight excluding hydrogens is 298 g/mol. The molecule has 0 amide bonds. The lowest BCUT2D eigenvalue weighted by atomic mass is 10.1. The van der Waals surface area contributed by atoms with Crippen molar-refractivity contribution in [2.24, 2.45) is 0 Å². The van der Waals surface area contributed by atoms with E-state index in [1.807, 2.05) is 24.3 Å². The molecule has 2 N–H and O–H groups in total. The molecule has 1 unspecified atom stereocenters. The van der Waals surface area contributed by atoms with Gasteiger partial charge in [0.25, 0.3) is 0 Å². The molecule has 1 fully saturated rings. The molecule has 1 atom stereocenters. The predicted octanol–water partition coefficient (Wildman–Crippen LogP) is 2.40. The van der Waals surface area contributed by atoms with Gasteiger partial charge in [0.05, 0.1) is 11.6 Å². The smallest absolute Gasteiger partial charge is 0.210 e. The van der Waals surface area contributed by atoms with Gasteiger partial charge in [0.15, 0.2) is 5.82 Å². The maximum absolute atomic E-state index is 8.79. The average molecular weight is 315 g/mol. The number of nitrogen functional groups attached to an aromatic ring is 1. The Balaban J connectivity index is 1.65. The number of thioether (sulfide) groups is 1. The Labute approximate surface area is 133 Å². The number of benzene rings is 1. The standard InChI is InChI=1S/C15H17N5OS/c16-9-11-4-6-12(7-5-11)10-22-15-19-18-14(20(15)17)13-3-1-2-8-21-13/h4-7,13H,1-3,8,10,17H2. The number of rotatable bonds is 4. The zero-order chi connectivity index (χ0) is 15.4. The zero-order valence-electron chi connectivity index (χ0n) is 12.1. The van der Waals surface area contributed by atoms with Crippen LogP contribution in [0, 0.1) is 11.3 Å². The monoisotopic (exact) mass is 315 g/mol. The molecule has 0 aliphatic carbocycles. The largest absolute Gasteiger partial charge is 0.370 e. The Hall–Kier alpha value is -2.04. The van der Waals surface area contributed by atoms with Gasteiger partial charge < -0.3 is 10.6 Å². The summed E-state index contributed by atoms with van der Waals surface area (Å²) in [6.07, 6.45) is 3.12. The van der Waals surface area contributed by atoms with Crippen LogP contribution in [0.5, 0.6) is 0 Å². The van der Waals surface area contributed by atoms with Crippen LogP contribution >= 0.6 is 11.8 Å². The van der Waals surface area contributed by atoms with Crippen LogP contribution in [0.2, 0.25) is 0 Å². The average Bonchev–Trinajstić information content (AvgIpc) is 2.95.